The number of piperazine rings is 1. The molecular formula is C23H37N7O. The highest BCUT2D eigenvalue weighted by atomic mass is 16.3. The SMILES string of the molecule is C=C/C=C(C(/N)=C/C(=C(N)N)N1CC2CCC(C1)N2C/C(=C/N(C)C)N=C)\C(O)=C/C. The van der Waals surface area contributed by atoms with Crippen LogP contribution in [0.1, 0.15) is 19.8 Å². The summed E-state index contributed by atoms with van der Waals surface area (Å²) in [5.74, 6) is 0.278. The van der Waals surface area contributed by atoms with E-state index >= 15 is 0 Å². The van der Waals surface area contributed by atoms with Gasteiger partial charge in [0.05, 0.1) is 11.4 Å². The van der Waals surface area contributed by atoms with Crippen molar-refractivity contribution in [1.29, 1.82) is 0 Å². The maximum absolute atomic E-state index is 10.2. The number of hydrogen-bond acceptors (Lipinski definition) is 8. The number of aliphatic hydroxyl groups excluding tert-OH is 1. The van der Waals surface area contributed by atoms with E-state index in [-0.39, 0.29) is 11.6 Å². The molecule has 2 unspecified atom stereocenters. The van der Waals surface area contributed by atoms with Gasteiger partial charge in [-0.15, -0.1) is 0 Å². The lowest BCUT2D eigenvalue weighted by Gasteiger charge is -2.42. The fraction of sp³-hybridized carbons (Fsp3) is 0.435. The molecule has 0 aromatic heterocycles. The maximum atomic E-state index is 10.2. The van der Waals surface area contributed by atoms with E-state index in [1.165, 1.54) is 0 Å². The molecule has 0 aromatic carbocycles. The molecule has 2 heterocycles. The second-order valence-corrected chi connectivity index (χ2v) is 8.13. The van der Waals surface area contributed by atoms with Gasteiger partial charge in [-0.2, -0.15) is 0 Å². The first-order chi connectivity index (χ1) is 14.7. The summed E-state index contributed by atoms with van der Waals surface area (Å²) >= 11 is 0. The second kappa shape index (κ2) is 10.8. The summed E-state index contributed by atoms with van der Waals surface area (Å²) in [6.07, 6.45) is 10.8. The van der Waals surface area contributed by atoms with Crippen molar-refractivity contribution in [3.8, 4) is 0 Å². The first kappa shape index (κ1) is 24.1. The van der Waals surface area contributed by atoms with E-state index in [1.54, 1.807) is 31.2 Å². The number of allylic oxidation sites excluding steroid dienone is 4. The van der Waals surface area contributed by atoms with Gasteiger partial charge in [0.25, 0.3) is 0 Å². The van der Waals surface area contributed by atoms with Crippen molar-refractivity contribution < 1.29 is 5.11 Å². The minimum atomic E-state index is 0.0746. The molecule has 2 fully saturated rings. The van der Waals surface area contributed by atoms with Gasteiger partial charge < -0.3 is 32.1 Å². The summed E-state index contributed by atoms with van der Waals surface area (Å²) in [4.78, 5) is 10.9. The number of nitrogens with zero attached hydrogens (tertiary/aromatic N) is 4. The molecule has 31 heavy (non-hydrogen) atoms. The van der Waals surface area contributed by atoms with Crippen LogP contribution in [0, 0.1) is 0 Å². The number of hydrogen-bond donors (Lipinski definition) is 4. The summed E-state index contributed by atoms with van der Waals surface area (Å²) in [6.45, 7) is 11.5. The Morgan fingerprint density at radius 3 is 2.26 bits per heavy atom. The molecule has 2 bridgehead atoms. The zero-order chi connectivity index (χ0) is 23.1. The van der Waals surface area contributed by atoms with E-state index in [2.05, 4.69) is 28.1 Å². The average molecular weight is 428 g/mol. The lowest BCUT2D eigenvalue weighted by molar-refractivity contribution is 0.0964. The fourth-order valence-electron chi connectivity index (χ4n) is 4.25. The van der Waals surface area contributed by atoms with Crippen LogP contribution in [0.15, 0.2) is 76.3 Å². The number of rotatable bonds is 9. The van der Waals surface area contributed by atoms with Crippen LogP contribution in [0.2, 0.25) is 0 Å². The van der Waals surface area contributed by atoms with Crippen LogP contribution < -0.4 is 17.2 Å². The molecule has 7 N–H and O–H groups in total. The van der Waals surface area contributed by atoms with Crippen LogP contribution in [0.25, 0.3) is 0 Å². The second-order valence-electron chi connectivity index (χ2n) is 8.13. The van der Waals surface area contributed by atoms with Crippen LogP contribution in [-0.2, 0) is 0 Å². The first-order valence-corrected chi connectivity index (χ1v) is 10.5. The molecule has 0 aromatic rings. The molecule has 2 atom stereocenters. The molecule has 8 nitrogen and oxygen atoms in total. The van der Waals surface area contributed by atoms with Crippen molar-refractivity contribution in [2.45, 2.75) is 31.8 Å². The van der Waals surface area contributed by atoms with E-state index < -0.39 is 0 Å². The molecule has 2 aliphatic rings. The Labute approximate surface area is 186 Å². The summed E-state index contributed by atoms with van der Waals surface area (Å²) in [5.41, 5.74) is 20.9. The first-order valence-electron chi connectivity index (χ1n) is 10.5. The number of nitrogens with two attached hydrogens (primary N) is 3. The zero-order valence-corrected chi connectivity index (χ0v) is 19.0. The number of fused-ring (bicyclic) bond motifs is 2. The minimum Gasteiger partial charge on any atom is -0.508 e. The lowest BCUT2D eigenvalue weighted by Crippen LogP contribution is -2.54. The van der Waals surface area contributed by atoms with Crippen LogP contribution >= 0.6 is 0 Å². The van der Waals surface area contributed by atoms with Crippen molar-refractivity contribution in [3.63, 3.8) is 0 Å². The molecular weight excluding hydrogens is 390 g/mol. The smallest absolute Gasteiger partial charge is 0.120 e. The van der Waals surface area contributed by atoms with Crippen LogP contribution in [0.4, 0.5) is 0 Å². The topological polar surface area (TPSA) is 120 Å². The van der Waals surface area contributed by atoms with Crippen molar-refractivity contribution in [1.82, 2.24) is 14.7 Å². The van der Waals surface area contributed by atoms with Gasteiger partial charge in [0.15, 0.2) is 0 Å². The van der Waals surface area contributed by atoms with Gasteiger partial charge in [0.2, 0.25) is 0 Å². The van der Waals surface area contributed by atoms with Gasteiger partial charge in [-0.1, -0.05) is 12.7 Å². The van der Waals surface area contributed by atoms with Gasteiger partial charge in [-0.05, 0) is 44.7 Å². The summed E-state index contributed by atoms with van der Waals surface area (Å²) < 4.78 is 0. The molecule has 2 rings (SSSR count). The standard InChI is InChI=1S/C23H37N7O/c1-6-8-19(22(31)7-2)20(24)11-21(23(25)26)29-14-17-9-10-18(15-29)30(17)13-16(27-3)12-28(4)5/h6-8,11-12,17-18,31H,1,3,9-10,13-15,24-26H2,2,4-5H3/b16-12-,19-8-,20-11-,22-7+. The Morgan fingerprint density at radius 1 is 1.19 bits per heavy atom. The van der Waals surface area contributed by atoms with Crippen molar-refractivity contribution in [2.75, 3.05) is 33.7 Å². The number of aliphatic hydroxyl groups is 1. The summed E-state index contributed by atoms with van der Waals surface area (Å²) in [5, 5.41) is 10.2. The quantitative estimate of drug-likeness (QED) is 0.251. The molecule has 0 amide bonds. The van der Waals surface area contributed by atoms with E-state index in [9.17, 15) is 5.11 Å². The van der Waals surface area contributed by atoms with Crippen molar-refractivity contribution in [2.24, 2.45) is 22.2 Å². The van der Waals surface area contributed by atoms with Crippen LogP contribution in [0.3, 0.4) is 0 Å². The normalized spacial score (nSPS) is 23.0. The highest BCUT2D eigenvalue weighted by Crippen LogP contribution is 2.33. The van der Waals surface area contributed by atoms with Gasteiger partial charge in [-0.3, -0.25) is 9.89 Å². The fourth-order valence-corrected chi connectivity index (χ4v) is 4.25. The van der Waals surface area contributed by atoms with Crippen LogP contribution in [0.5, 0.6) is 0 Å². The third-order valence-corrected chi connectivity index (χ3v) is 5.66. The predicted octanol–water partition coefficient (Wildman–Crippen LogP) is 1.74. The number of aliphatic imine (C=N–C) groups is 1. The molecule has 0 saturated carbocycles. The molecule has 0 radical (unpaired) electrons. The molecule has 8 heteroatoms. The van der Waals surface area contributed by atoms with Gasteiger partial charge in [-0.25, -0.2) is 0 Å². The highest BCUT2D eigenvalue weighted by Gasteiger charge is 2.40. The molecule has 0 aliphatic carbocycles. The van der Waals surface area contributed by atoms with Gasteiger partial charge in [0.1, 0.15) is 11.6 Å². The molecule has 2 aliphatic heterocycles. The largest absolute Gasteiger partial charge is 0.508 e. The number of likely N-dealkylation sites (tertiary alicyclic amines) is 1. The predicted molar refractivity (Wildman–Crippen MR) is 129 cm³/mol. The molecule has 0 spiro atoms. The van der Waals surface area contributed by atoms with E-state index in [0.717, 1.165) is 38.2 Å². The van der Waals surface area contributed by atoms with Crippen molar-refractivity contribution >= 4 is 6.72 Å². The van der Waals surface area contributed by atoms with Crippen LogP contribution in [-0.4, -0.2) is 72.3 Å². The van der Waals surface area contributed by atoms with E-state index in [1.807, 2.05) is 25.2 Å². The summed E-state index contributed by atoms with van der Waals surface area (Å²) in [7, 11) is 3.96. The van der Waals surface area contributed by atoms with Crippen molar-refractivity contribution in [3.05, 3.63) is 71.3 Å². The Morgan fingerprint density at radius 2 is 1.81 bits per heavy atom. The lowest BCUT2D eigenvalue weighted by atomic mass is 10.1. The Hall–Kier alpha value is -3.13. The Bertz CT molecular complexity index is 817. The third-order valence-electron chi connectivity index (χ3n) is 5.66. The summed E-state index contributed by atoms with van der Waals surface area (Å²) in [6, 6.07) is 0.726. The van der Waals surface area contributed by atoms with E-state index in [0.29, 0.717) is 29.1 Å². The third kappa shape index (κ3) is 5.95. The van der Waals surface area contributed by atoms with Gasteiger partial charge in [0, 0.05) is 63.3 Å². The van der Waals surface area contributed by atoms with Gasteiger partial charge >= 0.3 is 0 Å². The average Bonchev–Trinajstić information content (AvgIpc) is 2.95. The minimum absolute atomic E-state index is 0.0746. The maximum Gasteiger partial charge on any atom is 0.120 e. The monoisotopic (exact) mass is 427 g/mol. The Kier molecular flexibility index (Phi) is 8.38. The molecule has 2 saturated heterocycles. The molecule has 170 valence electrons. The highest BCUT2D eigenvalue weighted by molar-refractivity contribution is 5.46. The Balaban J connectivity index is 2.25. The van der Waals surface area contributed by atoms with E-state index in [4.69, 9.17) is 17.2 Å². The zero-order valence-electron chi connectivity index (χ0n) is 19.0.